The molecule has 1 aromatic rings. The molecule has 0 radical (unpaired) electrons. The number of rotatable bonds is 2. The Morgan fingerprint density at radius 1 is 1.29 bits per heavy atom. The van der Waals surface area contributed by atoms with Gasteiger partial charge in [0, 0.05) is 28.9 Å². The van der Waals surface area contributed by atoms with Gasteiger partial charge in [-0.1, -0.05) is 17.7 Å². The molecule has 2 nitrogen and oxygen atoms in total. The number of carbonyl (C=O) groups is 1. The van der Waals surface area contributed by atoms with E-state index in [4.69, 9.17) is 11.6 Å². The molecule has 1 aliphatic rings. The zero-order valence-electron chi connectivity index (χ0n) is 9.92. The second kappa shape index (κ2) is 5.37. The van der Waals surface area contributed by atoms with Crippen molar-refractivity contribution in [2.75, 3.05) is 5.32 Å². The molecule has 3 heteroatoms. The zero-order chi connectivity index (χ0) is 12.3. The Kier molecular flexibility index (Phi) is 3.85. The first-order valence-electron chi connectivity index (χ1n) is 5.92. The summed E-state index contributed by atoms with van der Waals surface area (Å²) in [5.74, 6) is 0.267. The molecule has 0 aromatic heterocycles. The first-order valence-corrected chi connectivity index (χ1v) is 6.29. The van der Waals surface area contributed by atoms with E-state index in [1.54, 1.807) is 0 Å². The summed E-state index contributed by atoms with van der Waals surface area (Å²) in [4.78, 5) is 11.6. The van der Waals surface area contributed by atoms with Crippen molar-refractivity contribution < 1.29 is 4.79 Å². The molecular weight excluding hydrogens is 234 g/mol. The predicted octanol–water partition coefficient (Wildman–Crippen LogP) is 4.09. The summed E-state index contributed by atoms with van der Waals surface area (Å²) in [6, 6.07) is 5.70. The van der Waals surface area contributed by atoms with Crippen molar-refractivity contribution >= 4 is 23.1 Å². The lowest BCUT2D eigenvalue weighted by atomic mass is 9.94. The zero-order valence-corrected chi connectivity index (χ0v) is 10.7. The van der Waals surface area contributed by atoms with Crippen molar-refractivity contribution in [2.45, 2.75) is 32.6 Å². The Balaban J connectivity index is 2.13. The van der Waals surface area contributed by atoms with E-state index in [-0.39, 0.29) is 5.78 Å². The first kappa shape index (κ1) is 12.2. The molecule has 0 bridgehead atoms. The number of aryl methyl sites for hydroxylation is 1. The van der Waals surface area contributed by atoms with Gasteiger partial charge in [-0.25, -0.2) is 0 Å². The van der Waals surface area contributed by atoms with Gasteiger partial charge in [-0.05, 0) is 43.9 Å². The van der Waals surface area contributed by atoms with Gasteiger partial charge in [0.15, 0.2) is 5.78 Å². The van der Waals surface area contributed by atoms with Crippen molar-refractivity contribution in [3.63, 3.8) is 0 Å². The summed E-state index contributed by atoms with van der Waals surface area (Å²) in [6.07, 6.45) is 5.52. The fraction of sp³-hybridized carbons (Fsp3) is 0.357. The summed E-state index contributed by atoms with van der Waals surface area (Å²) < 4.78 is 0. The highest BCUT2D eigenvalue weighted by Crippen LogP contribution is 2.23. The van der Waals surface area contributed by atoms with Gasteiger partial charge in [0.25, 0.3) is 0 Å². The van der Waals surface area contributed by atoms with E-state index in [2.05, 4.69) is 5.32 Å². The molecule has 1 N–H and O–H groups in total. The molecule has 17 heavy (non-hydrogen) atoms. The average molecular weight is 250 g/mol. The lowest BCUT2D eigenvalue weighted by molar-refractivity contribution is -0.116. The van der Waals surface area contributed by atoms with Crippen LogP contribution in [0.5, 0.6) is 0 Å². The van der Waals surface area contributed by atoms with Crippen molar-refractivity contribution in [3.8, 4) is 0 Å². The predicted molar refractivity (Wildman–Crippen MR) is 71.4 cm³/mol. The molecule has 0 aliphatic heterocycles. The third-order valence-electron chi connectivity index (χ3n) is 3.06. The molecule has 0 atom stereocenters. The van der Waals surface area contributed by atoms with Gasteiger partial charge in [-0.15, -0.1) is 0 Å². The van der Waals surface area contributed by atoms with Crippen LogP contribution in [0, 0.1) is 6.92 Å². The molecule has 0 heterocycles. The number of nitrogens with one attached hydrogen (secondary N) is 1. The van der Waals surface area contributed by atoms with Crippen LogP contribution in [-0.4, -0.2) is 5.78 Å². The van der Waals surface area contributed by atoms with Crippen LogP contribution in [0.4, 0.5) is 5.69 Å². The smallest absolute Gasteiger partial charge is 0.160 e. The number of anilines is 1. The molecule has 0 unspecified atom stereocenters. The number of benzene rings is 1. The number of Topliss-reactive ketones (excluding diaryl/α,β-unsaturated/α-hetero) is 1. The monoisotopic (exact) mass is 249 g/mol. The first-order chi connectivity index (χ1) is 8.16. The highest BCUT2D eigenvalue weighted by Gasteiger charge is 2.14. The van der Waals surface area contributed by atoms with Crippen LogP contribution >= 0.6 is 11.6 Å². The van der Waals surface area contributed by atoms with Crippen LogP contribution in [-0.2, 0) is 4.79 Å². The Morgan fingerprint density at radius 3 is 2.82 bits per heavy atom. The number of ketones is 1. The normalized spacial score (nSPS) is 18.5. The molecule has 1 fully saturated rings. The van der Waals surface area contributed by atoms with Gasteiger partial charge in [0.2, 0.25) is 0 Å². The van der Waals surface area contributed by atoms with Gasteiger partial charge < -0.3 is 5.32 Å². The van der Waals surface area contributed by atoms with Crippen LogP contribution in [0.2, 0.25) is 5.02 Å². The average Bonchev–Trinajstić information content (AvgIpc) is 2.32. The van der Waals surface area contributed by atoms with Gasteiger partial charge in [0.1, 0.15) is 0 Å². The molecule has 1 saturated carbocycles. The molecule has 0 spiro atoms. The van der Waals surface area contributed by atoms with E-state index in [1.807, 2.05) is 31.3 Å². The highest BCUT2D eigenvalue weighted by molar-refractivity contribution is 6.30. The minimum Gasteiger partial charge on any atom is -0.361 e. The van der Waals surface area contributed by atoms with Crippen LogP contribution in [0.15, 0.2) is 30.0 Å². The van der Waals surface area contributed by atoms with E-state index in [0.717, 1.165) is 36.1 Å². The number of carbonyl (C=O) groups excluding carboxylic acids is 1. The SMILES string of the molecule is Cc1ccc(Cl)cc1N/C=C1\CCCCC1=O. The second-order valence-corrected chi connectivity index (χ2v) is 4.84. The largest absolute Gasteiger partial charge is 0.361 e. The van der Waals surface area contributed by atoms with Gasteiger partial charge in [-0.2, -0.15) is 0 Å². The molecule has 90 valence electrons. The summed E-state index contributed by atoms with van der Waals surface area (Å²) in [7, 11) is 0. The second-order valence-electron chi connectivity index (χ2n) is 4.40. The van der Waals surface area contributed by atoms with E-state index in [0.29, 0.717) is 11.4 Å². The van der Waals surface area contributed by atoms with Gasteiger partial charge in [-0.3, -0.25) is 4.79 Å². The van der Waals surface area contributed by atoms with Crippen molar-refractivity contribution in [1.82, 2.24) is 0 Å². The van der Waals surface area contributed by atoms with E-state index in [9.17, 15) is 4.79 Å². The molecule has 1 aromatic carbocycles. The van der Waals surface area contributed by atoms with Crippen LogP contribution in [0.1, 0.15) is 31.2 Å². The van der Waals surface area contributed by atoms with Crippen molar-refractivity contribution in [2.24, 2.45) is 0 Å². The van der Waals surface area contributed by atoms with Crippen LogP contribution in [0.25, 0.3) is 0 Å². The molecular formula is C14H16ClNO. The van der Waals surface area contributed by atoms with Crippen molar-refractivity contribution in [1.29, 1.82) is 0 Å². The van der Waals surface area contributed by atoms with E-state index in [1.165, 1.54) is 0 Å². The molecule has 2 rings (SSSR count). The molecule has 0 amide bonds. The Labute approximate surface area is 107 Å². The molecule has 0 saturated heterocycles. The fourth-order valence-corrected chi connectivity index (χ4v) is 2.14. The van der Waals surface area contributed by atoms with Gasteiger partial charge >= 0.3 is 0 Å². The lowest BCUT2D eigenvalue weighted by Crippen LogP contribution is -2.10. The highest BCUT2D eigenvalue weighted by atomic mass is 35.5. The summed E-state index contributed by atoms with van der Waals surface area (Å²) in [6.45, 7) is 2.01. The maximum atomic E-state index is 11.6. The third-order valence-corrected chi connectivity index (χ3v) is 3.29. The number of hydrogen-bond donors (Lipinski definition) is 1. The minimum absolute atomic E-state index is 0.267. The van der Waals surface area contributed by atoms with Crippen LogP contribution < -0.4 is 5.32 Å². The topological polar surface area (TPSA) is 29.1 Å². The Hall–Kier alpha value is -1.28. The van der Waals surface area contributed by atoms with Crippen molar-refractivity contribution in [3.05, 3.63) is 40.6 Å². The lowest BCUT2D eigenvalue weighted by Gasteiger charge is -2.13. The van der Waals surface area contributed by atoms with Crippen LogP contribution in [0.3, 0.4) is 0 Å². The Bertz CT molecular complexity index is 465. The number of halogens is 1. The van der Waals surface area contributed by atoms with E-state index >= 15 is 0 Å². The fourth-order valence-electron chi connectivity index (χ4n) is 1.97. The summed E-state index contributed by atoms with van der Waals surface area (Å²) in [5.41, 5.74) is 2.98. The summed E-state index contributed by atoms with van der Waals surface area (Å²) in [5, 5.41) is 3.89. The summed E-state index contributed by atoms with van der Waals surface area (Å²) >= 11 is 5.94. The standard InChI is InChI=1S/C14H16ClNO/c1-10-6-7-12(15)8-13(10)16-9-11-4-2-3-5-14(11)17/h6-9,16H,2-5H2,1H3/b11-9+. The minimum atomic E-state index is 0.267. The number of allylic oxidation sites excluding steroid dienone is 1. The maximum absolute atomic E-state index is 11.6. The quantitative estimate of drug-likeness (QED) is 0.800. The van der Waals surface area contributed by atoms with Gasteiger partial charge in [0.05, 0.1) is 0 Å². The maximum Gasteiger partial charge on any atom is 0.160 e. The Morgan fingerprint density at radius 2 is 2.06 bits per heavy atom. The molecule has 1 aliphatic carbocycles. The number of hydrogen-bond acceptors (Lipinski definition) is 2. The third kappa shape index (κ3) is 3.10. The van der Waals surface area contributed by atoms with E-state index < -0.39 is 0 Å².